The smallest absolute Gasteiger partial charge is 0.142 e. The minimum absolute atomic E-state index is 0.166. The highest BCUT2D eigenvalue weighted by atomic mass is 35.5. The molecule has 0 spiro atoms. The number of aryl methyl sites for hydroxylation is 1. The third-order valence-electron chi connectivity index (χ3n) is 2.53. The third kappa shape index (κ3) is 2.21. The van der Waals surface area contributed by atoms with Crippen molar-refractivity contribution >= 4 is 23.2 Å². The largest absolute Gasteiger partial charge is 0.382 e. The van der Waals surface area contributed by atoms with Gasteiger partial charge in [0.1, 0.15) is 17.7 Å². The van der Waals surface area contributed by atoms with Crippen molar-refractivity contribution in [3.8, 4) is 0 Å². The molecule has 0 aliphatic rings. The van der Waals surface area contributed by atoms with Crippen LogP contribution in [0.2, 0.25) is 10.0 Å². The minimum Gasteiger partial charge on any atom is -0.382 e. The second kappa shape index (κ2) is 4.84. The summed E-state index contributed by atoms with van der Waals surface area (Å²) in [6.07, 6.45) is -0.110. The number of hydrogen-bond donors (Lipinski definition) is 1. The van der Waals surface area contributed by atoms with Gasteiger partial charge in [0.25, 0.3) is 0 Å². The first-order chi connectivity index (χ1) is 8.41. The number of benzene rings is 1. The number of hydrogen-bond acceptors (Lipinski definition) is 2. The quantitative estimate of drug-likeness (QED) is 0.864. The van der Waals surface area contributed by atoms with E-state index in [0.717, 1.165) is 12.1 Å². The summed E-state index contributed by atoms with van der Waals surface area (Å²) in [7, 11) is 1.54. The molecule has 0 saturated carbocycles. The van der Waals surface area contributed by atoms with Gasteiger partial charge in [0.05, 0.1) is 21.9 Å². The van der Waals surface area contributed by atoms with Crippen molar-refractivity contribution in [1.82, 2.24) is 9.78 Å². The Balaban J connectivity index is 2.53. The first-order valence-electron chi connectivity index (χ1n) is 4.91. The van der Waals surface area contributed by atoms with Gasteiger partial charge >= 0.3 is 0 Å². The second-order valence-corrected chi connectivity index (χ2v) is 4.51. The zero-order valence-electron chi connectivity index (χ0n) is 9.16. The number of nitrogens with zero attached hydrogens (tertiary/aromatic N) is 2. The van der Waals surface area contributed by atoms with Crippen LogP contribution in [0.3, 0.4) is 0 Å². The van der Waals surface area contributed by atoms with Crippen LogP contribution in [0.1, 0.15) is 17.4 Å². The molecule has 3 nitrogen and oxygen atoms in total. The molecule has 1 atom stereocenters. The van der Waals surface area contributed by atoms with Crippen molar-refractivity contribution < 1.29 is 13.9 Å². The number of aliphatic hydroxyl groups excluding tert-OH is 1. The van der Waals surface area contributed by atoms with Gasteiger partial charge in [0.15, 0.2) is 0 Å². The molecule has 0 saturated heterocycles. The van der Waals surface area contributed by atoms with E-state index in [0.29, 0.717) is 0 Å². The van der Waals surface area contributed by atoms with E-state index < -0.39 is 17.7 Å². The van der Waals surface area contributed by atoms with E-state index >= 15 is 0 Å². The molecule has 1 heterocycles. The van der Waals surface area contributed by atoms with Crippen LogP contribution in [-0.2, 0) is 7.05 Å². The standard InChI is InChI=1S/C11H8Cl2F2N2O/c1-17-10(7(13)4-16-17)11(18)5-2-9(15)6(12)3-8(5)14/h2-4,11,18H,1H3. The minimum atomic E-state index is -1.42. The molecule has 1 unspecified atom stereocenters. The predicted molar refractivity (Wildman–Crippen MR) is 63.6 cm³/mol. The van der Waals surface area contributed by atoms with Crippen molar-refractivity contribution in [2.75, 3.05) is 0 Å². The summed E-state index contributed by atoms with van der Waals surface area (Å²) in [5.74, 6) is -1.63. The van der Waals surface area contributed by atoms with Gasteiger partial charge in [-0.05, 0) is 12.1 Å². The molecule has 2 rings (SSSR count). The van der Waals surface area contributed by atoms with E-state index in [-0.39, 0.29) is 21.3 Å². The fourth-order valence-corrected chi connectivity index (χ4v) is 2.04. The summed E-state index contributed by atoms with van der Waals surface area (Å²) in [5, 5.41) is 13.7. The van der Waals surface area contributed by atoms with Gasteiger partial charge in [0, 0.05) is 12.6 Å². The molecule has 0 aliphatic heterocycles. The fraction of sp³-hybridized carbons (Fsp3) is 0.182. The van der Waals surface area contributed by atoms with Crippen LogP contribution >= 0.6 is 23.2 Å². The van der Waals surface area contributed by atoms with Crippen LogP contribution < -0.4 is 0 Å². The van der Waals surface area contributed by atoms with Crippen LogP contribution in [0.5, 0.6) is 0 Å². The van der Waals surface area contributed by atoms with Crippen LogP contribution in [0.25, 0.3) is 0 Å². The Labute approximate surface area is 112 Å². The Kier molecular flexibility index (Phi) is 3.56. The van der Waals surface area contributed by atoms with Crippen molar-refractivity contribution in [2.45, 2.75) is 6.10 Å². The van der Waals surface area contributed by atoms with E-state index in [2.05, 4.69) is 5.10 Å². The zero-order chi connectivity index (χ0) is 13.4. The zero-order valence-corrected chi connectivity index (χ0v) is 10.7. The Bertz CT molecular complexity index is 581. The average Bonchev–Trinajstić information content (AvgIpc) is 2.63. The lowest BCUT2D eigenvalue weighted by Gasteiger charge is -2.13. The molecular formula is C11H8Cl2F2N2O. The third-order valence-corrected chi connectivity index (χ3v) is 3.11. The Morgan fingerprint density at radius 1 is 1.22 bits per heavy atom. The molecule has 0 aliphatic carbocycles. The topological polar surface area (TPSA) is 38.0 Å². The monoisotopic (exact) mass is 292 g/mol. The normalized spacial score (nSPS) is 12.8. The van der Waals surface area contributed by atoms with E-state index in [1.807, 2.05) is 0 Å². The maximum Gasteiger partial charge on any atom is 0.142 e. The van der Waals surface area contributed by atoms with E-state index in [1.54, 1.807) is 0 Å². The van der Waals surface area contributed by atoms with Gasteiger partial charge in [-0.25, -0.2) is 8.78 Å². The van der Waals surface area contributed by atoms with Gasteiger partial charge in [-0.2, -0.15) is 5.10 Å². The van der Waals surface area contributed by atoms with E-state index in [4.69, 9.17) is 23.2 Å². The Morgan fingerprint density at radius 3 is 2.44 bits per heavy atom. The number of halogens is 4. The van der Waals surface area contributed by atoms with Crippen LogP contribution in [0.4, 0.5) is 8.78 Å². The van der Waals surface area contributed by atoms with Gasteiger partial charge < -0.3 is 5.11 Å². The lowest BCUT2D eigenvalue weighted by molar-refractivity contribution is 0.204. The molecule has 1 aromatic heterocycles. The first-order valence-corrected chi connectivity index (χ1v) is 5.67. The van der Waals surface area contributed by atoms with Crippen LogP contribution in [0, 0.1) is 11.6 Å². The summed E-state index contributed by atoms with van der Waals surface area (Å²) >= 11 is 11.3. The van der Waals surface area contributed by atoms with Crippen LogP contribution in [0.15, 0.2) is 18.3 Å². The van der Waals surface area contributed by atoms with Crippen molar-refractivity contribution in [2.24, 2.45) is 7.05 Å². The summed E-state index contributed by atoms with van der Waals surface area (Å²) in [4.78, 5) is 0. The van der Waals surface area contributed by atoms with Gasteiger partial charge in [-0.1, -0.05) is 23.2 Å². The Hall–Kier alpha value is -1.17. The molecule has 0 radical (unpaired) electrons. The van der Waals surface area contributed by atoms with Crippen LogP contribution in [-0.4, -0.2) is 14.9 Å². The molecule has 0 amide bonds. The summed E-state index contributed by atoms with van der Waals surface area (Å²) < 4.78 is 28.2. The molecular weight excluding hydrogens is 285 g/mol. The van der Waals surface area contributed by atoms with Crippen molar-refractivity contribution in [1.29, 1.82) is 0 Å². The molecule has 1 N–H and O–H groups in total. The predicted octanol–water partition coefficient (Wildman–Crippen LogP) is 3.09. The molecule has 7 heteroatoms. The molecule has 0 fully saturated rings. The first kappa shape index (κ1) is 13.3. The van der Waals surface area contributed by atoms with E-state index in [9.17, 15) is 13.9 Å². The number of aliphatic hydroxyl groups is 1. The van der Waals surface area contributed by atoms with Gasteiger partial charge in [-0.15, -0.1) is 0 Å². The lowest BCUT2D eigenvalue weighted by atomic mass is 10.1. The summed E-state index contributed by atoms with van der Waals surface area (Å²) in [6, 6.07) is 1.64. The molecule has 0 bridgehead atoms. The lowest BCUT2D eigenvalue weighted by Crippen LogP contribution is -2.09. The molecule has 18 heavy (non-hydrogen) atoms. The SMILES string of the molecule is Cn1ncc(Cl)c1C(O)c1cc(F)c(Cl)cc1F. The van der Waals surface area contributed by atoms with Crippen molar-refractivity contribution in [3.05, 3.63) is 51.3 Å². The van der Waals surface area contributed by atoms with Crippen molar-refractivity contribution in [3.63, 3.8) is 0 Å². The molecule has 2 aromatic rings. The maximum atomic E-state index is 13.7. The Morgan fingerprint density at radius 2 is 1.89 bits per heavy atom. The summed E-state index contributed by atoms with van der Waals surface area (Å²) in [5.41, 5.74) is -0.0697. The average molecular weight is 293 g/mol. The highest BCUT2D eigenvalue weighted by Gasteiger charge is 2.23. The molecule has 1 aromatic carbocycles. The number of aromatic nitrogens is 2. The van der Waals surface area contributed by atoms with Gasteiger partial charge in [0.2, 0.25) is 0 Å². The van der Waals surface area contributed by atoms with Gasteiger partial charge in [-0.3, -0.25) is 4.68 Å². The molecule has 96 valence electrons. The number of rotatable bonds is 2. The summed E-state index contributed by atoms with van der Waals surface area (Å²) in [6.45, 7) is 0. The van der Waals surface area contributed by atoms with E-state index in [1.165, 1.54) is 17.9 Å². The highest BCUT2D eigenvalue weighted by Crippen LogP contribution is 2.31. The fourth-order valence-electron chi connectivity index (χ4n) is 1.62. The second-order valence-electron chi connectivity index (χ2n) is 3.69. The maximum absolute atomic E-state index is 13.7. The highest BCUT2D eigenvalue weighted by molar-refractivity contribution is 6.31.